The molecule has 0 spiro atoms. The number of hydrogen-bond donors (Lipinski definition) is 0. The van der Waals surface area contributed by atoms with Gasteiger partial charge < -0.3 is 0 Å². The van der Waals surface area contributed by atoms with Gasteiger partial charge in [-0.15, -0.1) is 0 Å². The molecule has 1 aliphatic rings. The van der Waals surface area contributed by atoms with Gasteiger partial charge in [0, 0.05) is 10.6 Å². The smallest absolute Gasteiger partial charge is 0.0181 e. The van der Waals surface area contributed by atoms with Crippen molar-refractivity contribution in [2.45, 2.75) is 72.1 Å². The molecule has 160 valence electrons. The van der Waals surface area contributed by atoms with Crippen molar-refractivity contribution < 1.29 is 0 Å². The minimum Gasteiger partial charge on any atom is -0.0616 e. The normalized spacial score (nSPS) is 13.6. The predicted octanol–water partition coefficient (Wildman–Crippen LogP) is 8.23. The molecule has 4 rings (SSSR count). The highest BCUT2D eigenvalue weighted by Gasteiger charge is 2.28. The van der Waals surface area contributed by atoms with Gasteiger partial charge in [-0.2, -0.15) is 0 Å². The van der Waals surface area contributed by atoms with Crippen molar-refractivity contribution in [3.63, 3.8) is 0 Å². The first kappa shape index (κ1) is 22.0. The van der Waals surface area contributed by atoms with Crippen molar-refractivity contribution in [2.24, 2.45) is 0 Å². The van der Waals surface area contributed by atoms with Crippen LogP contribution in [0.5, 0.6) is 0 Å². The summed E-state index contributed by atoms with van der Waals surface area (Å²) < 4.78 is 0. The number of benzene rings is 3. The van der Waals surface area contributed by atoms with E-state index in [0.717, 1.165) is 0 Å². The average Bonchev–Trinajstić information content (AvgIpc) is 3.00. The second kappa shape index (κ2) is 7.75. The van der Waals surface area contributed by atoms with Crippen LogP contribution in [0.2, 0.25) is 0 Å². The molecule has 0 atom stereocenters. The van der Waals surface area contributed by atoms with Gasteiger partial charge >= 0.3 is 0 Å². The average molecular weight is 427 g/mol. The summed E-state index contributed by atoms with van der Waals surface area (Å²) in [5.74, 6) is 0.485. The maximum atomic E-state index is 2.49. The molecule has 0 radical (unpaired) electrons. The minimum absolute atomic E-state index is 0.0887. The Hall–Kier alpha value is -2.17. The fourth-order valence-corrected chi connectivity index (χ4v) is 6.28. The lowest BCUT2D eigenvalue weighted by molar-refractivity contribution is 0.569. The van der Waals surface area contributed by atoms with Crippen molar-refractivity contribution in [1.29, 1.82) is 0 Å². The topological polar surface area (TPSA) is 0 Å². The fraction of sp³-hybridized carbons (Fsp3) is 0.367. The Morgan fingerprint density at radius 2 is 1.13 bits per heavy atom. The van der Waals surface area contributed by atoms with Crippen LogP contribution in [-0.4, -0.2) is 5.29 Å². The molecule has 31 heavy (non-hydrogen) atoms. The van der Waals surface area contributed by atoms with Crippen LogP contribution in [0, 0.1) is 0 Å². The molecule has 0 N–H and O–H groups in total. The highest BCUT2D eigenvalue weighted by Crippen LogP contribution is 2.41. The Morgan fingerprint density at radius 3 is 1.55 bits per heavy atom. The summed E-state index contributed by atoms with van der Waals surface area (Å²) in [6.07, 6.45) is 0. The maximum Gasteiger partial charge on any atom is 0.0181 e. The molecule has 0 nitrogen and oxygen atoms in total. The second-order valence-corrected chi connectivity index (χ2v) is 12.3. The zero-order chi connectivity index (χ0) is 22.6. The van der Waals surface area contributed by atoms with Crippen molar-refractivity contribution >= 4 is 18.8 Å². The number of fused-ring (bicyclic) bond motifs is 3. The quantitative estimate of drug-likeness (QED) is 0.283. The molecule has 0 bridgehead atoms. The summed E-state index contributed by atoms with van der Waals surface area (Å²) in [6.45, 7) is 18.7. The van der Waals surface area contributed by atoms with Gasteiger partial charge in [-0.3, -0.25) is 0 Å². The van der Waals surface area contributed by atoms with E-state index < -0.39 is 0 Å². The van der Waals surface area contributed by atoms with Crippen molar-refractivity contribution in [3.05, 3.63) is 88.5 Å². The van der Waals surface area contributed by atoms with Crippen LogP contribution in [0.25, 0.3) is 11.1 Å². The van der Waals surface area contributed by atoms with E-state index in [2.05, 4.69) is 116 Å². The van der Waals surface area contributed by atoms with Gasteiger partial charge in [-0.1, -0.05) is 124 Å². The summed E-state index contributed by atoms with van der Waals surface area (Å²) in [5, 5.41) is 2.94. The van der Waals surface area contributed by atoms with E-state index in [-0.39, 0.29) is 10.8 Å². The zero-order valence-electron chi connectivity index (χ0n) is 20.3. The second-order valence-electron chi connectivity index (χ2n) is 11.2. The van der Waals surface area contributed by atoms with Gasteiger partial charge in [0.25, 0.3) is 0 Å². The van der Waals surface area contributed by atoms with E-state index in [9.17, 15) is 0 Å². The lowest BCUT2D eigenvalue weighted by atomic mass is 9.78. The third kappa shape index (κ3) is 4.04. The molecular formula is C30H35P. The van der Waals surface area contributed by atoms with Gasteiger partial charge in [0.1, 0.15) is 0 Å². The lowest BCUT2D eigenvalue weighted by Crippen LogP contribution is -2.26. The third-order valence-corrected chi connectivity index (χ3v) is 7.74. The molecule has 1 heteroatoms. The summed E-state index contributed by atoms with van der Waals surface area (Å²) in [4.78, 5) is 0. The van der Waals surface area contributed by atoms with Crippen molar-refractivity contribution in [3.8, 4) is 11.1 Å². The predicted molar refractivity (Wildman–Crippen MR) is 140 cm³/mol. The summed E-state index contributed by atoms with van der Waals surface area (Å²) in [7, 11) is 1.32. The number of rotatable bonds is 2. The zero-order valence-corrected chi connectivity index (χ0v) is 21.2. The van der Waals surface area contributed by atoms with Crippen LogP contribution in [0.4, 0.5) is 0 Å². The van der Waals surface area contributed by atoms with E-state index in [1.54, 1.807) is 0 Å². The Kier molecular flexibility index (Phi) is 5.51. The molecule has 0 unspecified atom stereocenters. The highest BCUT2D eigenvalue weighted by molar-refractivity contribution is 7.50. The molecule has 3 aromatic rings. The van der Waals surface area contributed by atoms with Crippen LogP contribution in [-0.2, 0) is 10.8 Å². The maximum absolute atomic E-state index is 2.49. The summed E-state index contributed by atoms with van der Waals surface area (Å²) in [6, 6.07) is 22.8. The molecule has 0 amide bonds. The summed E-state index contributed by atoms with van der Waals surface area (Å²) in [5.41, 5.74) is 10.2. The van der Waals surface area contributed by atoms with Crippen molar-refractivity contribution in [1.82, 2.24) is 0 Å². The van der Waals surface area contributed by atoms with Gasteiger partial charge in [0.15, 0.2) is 0 Å². The Labute approximate surface area is 190 Å². The van der Waals surface area contributed by atoms with Gasteiger partial charge in [0.2, 0.25) is 0 Å². The van der Waals surface area contributed by atoms with Crippen LogP contribution >= 0.6 is 8.20 Å². The first-order chi connectivity index (χ1) is 14.5. The summed E-state index contributed by atoms with van der Waals surface area (Å²) >= 11 is 0. The standard InChI is InChI=1S/C30H35P/c1-19(2)25-17-20(29(3,4)5)18-26(30(6,7)8)28(25)31-27-23-15-11-9-13-21(23)22-14-10-12-16-24(22)27/h9-19H,1-8H3. The molecule has 3 aromatic carbocycles. The minimum atomic E-state index is 0.0887. The monoisotopic (exact) mass is 426 g/mol. The molecule has 0 fully saturated rings. The van der Waals surface area contributed by atoms with Gasteiger partial charge in [0.05, 0.1) is 0 Å². The lowest BCUT2D eigenvalue weighted by Gasteiger charge is -2.30. The Balaban J connectivity index is 2.06. The molecule has 0 aromatic heterocycles. The third-order valence-electron chi connectivity index (χ3n) is 6.31. The van der Waals surface area contributed by atoms with E-state index in [1.165, 1.54) is 57.7 Å². The molecule has 0 saturated carbocycles. The SMILES string of the molecule is CC(C)c1cc(C(C)(C)C)cc(C(C)(C)C)c1P=C1c2ccccc2-c2ccccc21. The van der Waals surface area contributed by atoms with E-state index in [1.807, 2.05) is 0 Å². The molecule has 0 aliphatic heterocycles. The fourth-order valence-electron chi connectivity index (χ4n) is 4.45. The molecule has 1 aliphatic carbocycles. The Morgan fingerprint density at radius 1 is 0.645 bits per heavy atom. The van der Waals surface area contributed by atoms with Crippen LogP contribution in [0.15, 0.2) is 60.7 Å². The first-order valence-corrected chi connectivity index (χ1v) is 12.3. The van der Waals surface area contributed by atoms with Gasteiger partial charge in [-0.25, -0.2) is 0 Å². The highest BCUT2D eigenvalue weighted by atomic mass is 31.1. The van der Waals surface area contributed by atoms with Crippen molar-refractivity contribution in [2.75, 3.05) is 0 Å². The number of hydrogen-bond acceptors (Lipinski definition) is 0. The molecule has 0 heterocycles. The van der Waals surface area contributed by atoms with Crippen LogP contribution in [0.3, 0.4) is 0 Å². The van der Waals surface area contributed by atoms with E-state index >= 15 is 0 Å². The van der Waals surface area contributed by atoms with E-state index in [4.69, 9.17) is 0 Å². The molecule has 0 saturated heterocycles. The van der Waals surface area contributed by atoms with Crippen LogP contribution in [0.1, 0.15) is 89.1 Å². The molecular weight excluding hydrogens is 391 g/mol. The largest absolute Gasteiger partial charge is 0.0616 e. The van der Waals surface area contributed by atoms with E-state index in [0.29, 0.717) is 5.92 Å². The van der Waals surface area contributed by atoms with Crippen LogP contribution < -0.4 is 5.30 Å². The Bertz CT molecular complexity index is 1120. The van der Waals surface area contributed by atoms with Gasteiger partial charge in [-0.05, 0) is 55.7 Å². The first-order valence-electron chi connectivity index (χ1n) is 11.4.